The number of carbonyl (C=O) groups excluding carboxylic acids is 1. The summed E-state index contributed by atoms with van der Waals surface area (Å²) in [6.45, 7) is 7.79. The number of carbonyl (C=O) groups is 1. The maximum atomic E-state index is 11.8. The smallest absolute Gasteiger partial charge is 0.149 e. The molecular weight excluding hydrogens is 186 g/mol. The molecule has 1 aliphatic heterocycles. The van der Waals surface area contributed by atoms with Crippen LogP contribution >= 0.6 is 0 Å². The molecule has 0 aromatic carbocycles. The fraction of sp³-hybridized carbons (Fsp3) is 0.923. The summed E-state index contributed by atoms with van der Waals surface area (Å²) in [6, 6.07) is 0.214. The largest absolute Gasteiger partial charge is 0.298 e. The molecule has 0 unspecified atom stereocenters. The molecule has 1 saturated carbocycles. The van der Waals surface area contributed by atoms with E-state index < -0.39 is 0 Å². The molecular formula is C13H23NO. The van der Waals surface area contributed by atoms with E-state index in [1.807, 2.05) is 6.92 Å². The first kappa shape index (κ1) is 11.1. The van der Waals surface area contributed by atoms with Crippen molar-refractivity contribution in [1.82, 2.24) is 4.90 Å². The van der Waals surface area contributed by atoms with Gasteiger partial charge in [0.15, 0.2) is 0 Å². The van der Waals surface area contributed by atoms with E-state index in [1.54, 1.807) is 0 Å². The molecule has 86 valence electrons. The summed E-state index contributed by atoms with van der Waals surface area (Å²) in [4.78, 5) is 14.1. The average Bonchev–Trinajstić information content (AvgIpc) is 2.39. The van der Waals surface area contributed by atoms with Crippen molar-refractivity contribution in [3.8, 4) is 0 Å². The van der Waals surface area contributed by atoms with Gasteiger partial charge in [-0.2, -0.15) is 0 Å². The summed E-state index contributed by atoms with van der Waals surface area (Å²) in [5, 5.41) is 0. The third-order valence-corrected chi connectivity index (χ3v) is 4.17. The Bertz CT molecular complexity index is 274. The summed E-state index contributed by atoms with van der Waals surface area (Å²) >= 11 is 0. The highest BCUT2D eigenvalue weighted by Gasteiger charge is 2.55. The number of likely N-dealkylation sites (N-methyl/N-ethyl adjacent to an activating group) is 1. The van der Waals surface area contributed by atoms with E-state index in [2.05, 4.69) is 25.8 Å². The van der Waals surface area contributed by atoms with Crippen LogP contribution in [0, 0.1) is 10.8 Å². The molecule has 2 aliphatic rings. The van der Waals surface area contributed by atoms with Crippen LogP contribution < -0.4 is 0 Å². The van der Waals surface area contributed by atoms with Gasteiger partial charge in [-0.05, 0) is 37.1 Å². The highest BCUT2D eigenvalue weighted by Crippen LogP contribution is 2.59. The summed E-state index contributed by atoms with van der Waals surface area (Å²) < 4.78 is 0. The molecule has 1 heterocycles. The normalized spacial score (nSPS) is 32.9. The fourth-order valence-electron chi connectivity index (χ4n) is 4.10. The molecule has 0 aromatic rings. The van der Waals surface area contributed by atoms with Crippen LogP contribution in [0.5, 0.6) is 0 Å². The van der Waals surface area contributed by atoms with Gasteiger partial charge in [-0.25, -0.2) is 0 Å². The summed E-state index contributed by atoms with van der Waals surface area (Å²) in [7, 11) is 2.11. The lowest BCUT2D eigenvalue weighted by Crippen LogP contribution is -2.44. The Morgan fingerprint density at radius 1 is 1.40 bits per heavy atom. The standard InChI is InChI=1S/C13H23NO/c1-5-11(15)10-6-13(9-14(10)4)7-12(2,3)8-13/h10H,5-9H2,1-4H3/t10-/m0/s1. The first-order chi connectivity index (χ1) is 6.87. The predicted molar refractivity (Wildman–Crippen MR) is 61.8 cm³/mol. The maximum Gasteiger partial charge on any atom is 0.149 e. The van der Waals surface area contributed by atoms with E-state index in [4.69, 9.17) is 0 Å². The Morgan fingerprint density at radius 3 is 2.47 bits per heavy atom. The molecule has 2 rings (SSSR count). The van der Waals surface area contributed by atoms with Gasteiger partial charge in [-0.1, -0.05) is 20.8 Å². The second-order valence-electron chi connectivity index (χ2n) is 6.47. The minimum atomic E-state index is 0.214. The number of ketones is 1. The van der Waals surface area contributed by atoms with Gasteiger partial charge in [0, 0.05) is 13.0 Å². The number of rotatable bonds is 2. The molecule has 1 saturated heterocycles. The third kappa shape index (κ3) is 1.84. The summed E-state index contributed by atoms with van der Waals surface area (Å²) in [6.07, 6.45) is 4.41. The van der Waals surface area contributed by atoms with Crippen molar-refractivity contribution in [2.24, 2.45) is 10.8 Å². The van der Waals surface area contributed by atoms with Gasteiger partial charge in [0.1, 0.15) is 5.78 Å². The zero-order valence-corrected chi connectivity index (χ0v) is 10.5. The molecule has 2 fully saturated rings. The predicted octanol–water partition coefficient (Wildman–Crippen LogP) is 2.48. The summed E-state index contributed by atoms with van der Waals surface area (Å²) in [5.41, 5.74) is 0.999. The minimum absolute atomic E-state index is 0.214. The van der Waals surface area contributed by atoms with Crippen molar-refractivity contribution in [1.29, 1.82) is 0 Å². The van der Waals surface area contributed by atoms with Crippen molar-refractivity contribution < 1.29 is 4.79 Å². The fourth-order valence-corrected chi connectivity index (χ4v) is 4.10. The first-order valence-corrected chi connectivity index (χ1v) is 6.10. The average molecular weight is 209 g/mol. The van der Waals surface area contributed by atoms with Crippen LogP contribution in [0.25, 0.3) is 0 Å². The molecule has 0 amide bonds. The van der Waals surface area contributed by atoms with Gasteiger partial charge in [0.05, 0.1) is 6.04 Å². The zero-order valence-electron chi connectivity index (χ0n) is 10.5. The second-order valence-corrected chi connectivity index (χ2v) is 6.47. The van der Waals surface area contributed by atoms with Gasteiger partial charge in [-0.15, -0.1) is 0 Å². The van der Waals surface area contributed by atoms with Crippen molar-refractivity contribution in [3.63, 3.8) is 0 Å². The van der Waals surface area contributed by atoms with Crippen molar-refractivity contribution in [2.75, 3.05) is 13.6 Å². The van der Waals surface area contributed by atoms with Gasteiger partial charge >= 0.3 is 0 Å². The van der Waals surface area contributed by atoms with Gasteiger partial charge in [-0.3, -0.25) is 9.69 Å². The topological polar surface area (TPSA) is 20.3 Å². The van der Waals surface area contributed by atoms with Crippen LogP contribution in [0.1, 0.15) is 46.5 Å². The number of Topliss-reactive ketones (excluding diaryl/α,β-unsaturated/α-hetero) is 1. The van der Waals surface area contributed by atoms with Crippen LogP contribution in [-0.2, 0) is 4.79 Å². The monoisotopic (exact) mass is 209 g/mol. The minimum Gasteiger partial charge on any atom is -0.298 e. The number of nitrogens with zero attached hydrogens (tertiary/aromatic N) is 1. The van der Waals surface area contributed by atoms with Crippen LogP contribution in [0.15, 0.2) is 0 Å². The molecule has 0 aromatic heterocycles. The summed E-state index contributed by atoms with van der Waals surface area (Å²) in [5.74, 6) is 0.430. The SMILES string of the molecule is CCC(=O)[C@@H]1CC2(CN1C)CC(C)(C)C2. The molecule has 2 heteroatoms. The van der Waals surface area contributed by atoms with E-state index in [0.29, 0.717) is 23.0 Å². The zero-order chi connectivity index (χ0) is 11.3. The van der Waals surface area contributed by atoms with Crippen LogP contribution in [-0.4, -0.2) is 30.3 Å². The third-order valence-electron chi connectivity index (χ3n) is 4.17. The molecule has 2 nitrogen and oxygen atoms in total. The lowest BCUT2D eigenvalue weighted by molar-refractivity contribution is -0.122. The maximum absolute atomic E-state index is 11.8. The van der Waals surface area contributed by atoms with Crippen molar-refractivity contribution in [3.05, 3.63) is 0 Å². The molecule has 1 spiro atoms. The Morgan fingerprint density at radius 2 is 2.00 bits per heavy atom. The van der Waals surface area contributed by atoms with Crippen LogP contribution in [0.3, 0.4) is 0 Å². The van der Waals surface area contributed by atoms with E-state index in [0.717, 1.165) is 13.0 Å². The van der Waals surface area contributed by atoms with Crippen LogP contribution in [0.2, 0.25) is 0 Å². The molecule has 1 aliphatic carbocycles. The first-order valence-electron chi connectivity index (χ1n) is 6.10. The molecule has 0 N–H and O–H groups in total. The second kappa shape index (κ2) is 3.31. The molecule has 0 radical (unpaired) electrons. The highest BCUT2D eigenvalue weighted by atomic mass is 16.1. The van der Waals surface area contributed by atoms with Gasteiger partial charge < -0.3 is 0 Å². The van der Waals surface area contributed by atoms with E-state index in [9.17, 15) is 4.79 Å². The van der Waals surface area contributed by atoms with E-state index in [-0.39, 0.29) is 6.04 Å². The van der Waals surface area contributed by atoms with Crippen LogP contribution in [0.4, 0.5) is 0 Å². The van der Waals surface area contributed by atoms with Gasteiger partial charge in [0.2, 0.25) is 0 Å². The van der Waals surface area contributed by atoms with Gasteiger partial charge in [0.25, 0.3) is 0 Å². The Kier molecular flexibility index (Phi) is 2.45. The highest BCUT2D eigenvalue weighted by molar-refractivity contribution is 5.84. The lowest BCUT2D eigenvalue weighted by atomic mass is 9.53. The Balaban J connectivity index is 2.02. The Hall–Kier alpha value is -0.370. The Labute approximate surface area is 93.0 Å². The lowest BCUT2D eigenvalue weighted by Gasteiger charge is -2.51. The molecule has 1 atom stereocenters. The van der Waals surface area contributed by atoms with E-state index in [1.165, 1.54) is 12.8 Å². The van der Waals surface area contributed by atoms with Crippen molar-refractivity contribution in [2.45, 2.75) is 52.5 Å². The quantitative estimate of drug-likeness (QED) is 0.696. The molecule has 15 heavy (non-hydrogen) atoms. The number of hydrogen-bond donors (Lipinski definition) is 0. The number of hydrogen-bond acceptors (Lipinski definition) is 2. The van der Waals surface area contributed by atoms with E-state index >= 15 is 0 Å². The molecule has 0 bridgehead atoms. The van der Waals surface area contributed by atoms with Crippen molar-refractivity contribution >= 4 is 5.78 Å². The number of likely N-dealkylation sites (tertiary alicyclic amines) is 1.